The van der Waals surface area contributed by atoms with E-state index in [0.717, 1.165) is 5.69 Å². The zero-order chi connectivity index (χ0) is 9.68. The second-order valence-electron chi connectivity index (χ2n) is 2.46. The van der Waals surface area contributed by atoms with Crippen LogP contribution in [0.15, 0.2) is 5.38 Å². The molecule has 0 unspecified atom stereocenters. The fraction of sp³-hybridized carbons (Fsp3) is 0.429. The molecule has 0 aromatic carbocycles. The second kappa shape index (κ2) is 4.78. The third-order valence-electron chi connectivity index (χ3n) is 1.27. The van der Waals surface area contributed by atoms with Gasteiger partial charge in [0.05, 0.1) is 5.69 Å². The van der Waals surface area contributed by atoms with Crippen molar-refractivity contribution in [2.75, 3.05) is 18.4 Å². The van der Waals surface area contributed by atoms with Crippen LogP contribution in [0.5, 0.6) is 0 Å². The summed E-state index contributed by atoms with van der Waals surface area (Å²) in [6.07, 6.45) is 0. The van der Waals surface area contributed by atoms with E-state index in [2.05, 4.69) is 15.6 Å². The zero-order valence-electron chi connectivity index (χ0n) is 7.33. The van der Waals surface area contributed by atoms with Gasteiger partial charge in [-0.3, -0.25) is 5.32 Å². The van der Waals surface area contributed by atoms with Crippen molar-refractivity contribution in [1.29, 1.82) is 0 Å². The molecule has 1 rings (SSSR count). The van der Waals surface area contributed by atoms with Gasteiger partial charge < -0.3 is 11.1 Å². The number of carbonyl (C=O) groups excluding carboxylic acids is 1. The molecule has 1 aromatic rings. The van der Waals surface area contributed by atoms with Gasteiger partial charge in [-0.15, -0.1) is 11.3 Å². The number of aryl methyl sites for hydroxylation is 1. The van der Waals surface area contributed by atoms with Crippen LogP contribution in [0.2, 0.25) is 0 Å². The van der Waals surface area contributed by atoms with Crippen LogP contribution in [-0.4, -0.2) is 24.1 Å². The highest BCUT2D eigenvalue weighted by atomic mass is 32.1. The van der Waals surface area contributed by atoms with Crippen LogP contribution >= 0.6 is 11.3 Å². The third-order valence-corrected chi connectivity index (χ3v) is 2.14. The highest BCUT2D eigenvalue weighted by Crippen LogP contribution is 2.13. The van der Waals surface area contributed by atoms with Crippen LogP contribution < -0.4 is 16.4 Å². The number of rotatable bonds is 3. The Hall–Kier alpha value is -1.14. The predicted octanol–water partition coefficient (Wildman–Crippen LogP) is 0.532. The van der Waals surface area contributed by atoms with Gasteiger partial charge in [0, 0.05) is 18.5 Å². The molecule has 1 aromatic heterocycles. The first-order valence-corrected chi connectivity index (χ1v) is 4.77. The quantitative estimate of drug-likeness (QED) is 0.666. The van der Waals surface area contributed by atoms with Crippen LogP contribution in [-0.2, 0) is 0 Å². The van der Waals surface area contributed by atoms with E-state index in [4.69, 9.17) is 5.73 Å². The fourth-order valence-corrected chi connectivity index (χ4v) is 1.42. The highest BCUT2D eigenvalue weighted by Gasteiger charge is 2.02. The molecular weight excluding hydrogens is 188 g/mol. The SMILES string of the molecule is Cc1csc(NC(=O)NCCN)n1. The Morgan fingerprint density at radius 3 is 3.08 bits per heavy atom. The molecule has 0 saturated heterocycles. The number of hydrogen-bond donors (Lipinski definition) is 3. The van der Waals surface area contributed by atoms with E-state index < -0.39 is 0 Å². The Balaban J connectivity index is 2.36. The molecule has 13 heavy (non-hydrogen) atoms. The molecule has 72 valence electrons. The molecule has 0 aliphatic heterocycles. The average Bonchev–Trinajstić information content (AvgIpc) is 2.48. The zero-order valence-corrected chi connectivity index (χ0v) is 8.15. The maximum Gasteiger partial charge on any atom is 0.321 e. The first-order valence-electron chi connectivity index (χ1n) is 3.89. The maximum atomic E-state index is 11.1. The minimum absolute atomic E-state index is 0.264. The predicted molar refractivity (Wildman–Crippen MR) is 52.9 cm³/mol. The van der Waals surface area contributed by atoms with Crippen LogP contribution in [0, 0.1) is 6.92 Å². The van der Waals surface area contributed by atoms with Crippen LogP contribution in [0.1, 0.15) is 5.69 Å². The number of nitrogens with one attached hydrogen (secondary N) is 2. The first kappa shape index (κ1) is 9.94. The summed E-state index contributed by atoms with van der Waals surface area (Å²) >= 11 is 1.40. The lowest BCUT2D eigenvalue weighted by molar-refractivity contribution is 0.252. The van der Waals surface area contributed by atoms with Gasteiger partial charge in [-0.25, -0.2) is 9.78 Å². The molecule has 2 amide bonds. The van der Waals surface area contributed by atoms with Gasteiger partial charge in [0.2, 0.25) is 0 Å². The molecule has 0 bridgehead atoms. The smallest absolute Gasteiger partial charge is 0.321 e. The van der Waals surface area contributed by atoms with Crippen LogP contribution in [0.25, 0.3) is 0 Å². The molecule has 0 atom stereocenters. The fourth-order valence-electron chi connectivity index (χ4n) is 0.738. The summed E-state index contributed by atoms with van der Waals surface area (Å²) < 4.78 is 0. The Morgan fingerprint density at radius 2 is 2.54 bits per heavy atom. The normalized spacial score (nSPS) is 9.69. The summed E-state index contributed by atoms with van der Waals surface area (Å²) in [5, 5.41) is 7.66. The molecule has 0 radical (unpaired) electrons. The molecule has 6 heteroatoms. The van der Waals surface area contributed by atoms with E-state index in [-0.39, 0.29) is 6.03 Å². The van der Waals surface area contributed by atoms with Crippen LogP contribution in [0.3, 0.4) is 0 Å². The number of amides is 2. The van der Waals surface area contributed by atoms with Crippen molar-refractivity contribution in [3.63, 3.8) is 0 Å². The Labute approximate surface area is 80.4 Å². The van der Waals surface area contributed by atoms with Crippen molar-refractivity contribution in [3.8, 4) is 0 Å². The number of hydrogen-bond acceptors (Lipinski definition) is 4. The number of nitrogens with two attached hydrogens (primary N) is 1. The molecule has 0 aliphatic rings. The lowest BCUT2D eigenvalue weighted by Gasteiger charge is -2.02. The number of thiazole rings is 1. The summed E-state index contributed by atoms with van der Waals surface area (Å²) in [7, 11) is 0. The standard InChI is InChI=1S/C7H12N4OS/c1-5-4-13-7(10-5)11-6(12)9-3-2-8/h4H,2-3,8H2,1H3,(H2,9,10,11,12). The van der Waals surface area contributed by atoms with Gasteiger partial charge in [-0.2, -0.15) is 0 Å². The topological polar surface area (TPSA) is 80.0 Å². The first-order chi connectivity index (χ1) is 6.22. The van der Waals surface area contributed by atoms with E-state index >= 15 is 0 Å². The summed E-state index contributed by atoms with van der Waals surface area (Å²) in [5.41, 5.74) is 6.12. The summed E-state index contributed by atoms with van der Waals surface area (Å²) in [4.78, 5) is 15.1. The van der Waals surface area contributed by atoms with Crippen molar-refractivity contribution in [2.24, 2.45) is 5.73 Å². The van der Waals surface area contributed by atoms with Gasteiger partial charge in [0.15, 0.2) is 5.13 Å². The Bertz CT molecular complexity index is 286. The Kier molecular flexibility index (Phi) is 3.66. The van der Waals surface area contributed by atoms with Crippen molar-refractivity contribution >= 4 is 22.5 Å². The molecule has 5 nitrogen and oxygen atoms in total. The van der Waals surface area contributed by atoms with E-state index in [1.165, 1.54) is 11.3 Å². The highest BCUT2D eigenvalue weighted by molar-refractivity contribution is 7.13. The van der Waals surface area contributed by atoms with E-state index in [1.54, 1.807) is 0 Å². The van der Waals surface area contributed by atoms with Gasteiger partial charge in [-0.05, 0) is 6.92 Å². The van der Waals surface area contributed by atoms with Gasteiger partial charge in [-0.1, -0.05) is 0 Å². The number of nitrogens with zero attached hydrogens (tertiary/aromatic N) is 1. The van der Waals surface area contributed by atoms with Crippen LogP contribution in [0.4, 0.5) is 9.93 Å². The van der Waals surface area contributed by atoms with Crippen molar-refractivity contribution in [3.05, 3.63) is 11.1 Å². The molecule has 0 saturated carbocycles. The monoisotopic (exact) mass is 200 g/mol. The largest absolute Gasteiger partial charge is 0.337 e. The lowest BCUT2D eigenvalue weighted by atomic mass is 10.6. The van der Waals surface area contributed by atoms with Crippen molar-refractivity contribution < 1.29 is 4.79 Å². The van der Waals surface area contributed by atoms with E-state index in [0.29, 0.717) is 18.2 Å². The number of aromatic nitrogens is 1. The lowest BCUT2D eigenvalue weighted by Crippen LogP contribution is -2.32. The van der Waals surface area contributed by atoms with Crippen molar-refractivity contribution in [2.45, 2.75) is 6.92 Å². The molecule has 1 heterocycles. The Morgan fingerprint density at radius 1 is 1.77 bits per heavy atom. The second-order valence-corrected chi connectivity index (χ2v) is 3.32. The van der Waals surface area contributed by atoms with Gasteiger partial charge >= 0.3 is 6.03 Å². The van der Waals surface area contributed by atoms with Gasteiger partial charge in [0.1, 0.15) is 0 Å². The third kappa shape index (κ3) is 3.39. The maximum absolute atomic E-state index is 11.1. The van der Waals surface area contributed by atoms with Crippen molar-refractivity contribution in [1.82, 2.24) is 10.3 Å². The number of carbonyl (C=O) groups is 1. The minimum Gasteiger partial charge on any atom is -0.337 e. The summed E-state index contributed by atoms with van der Waals surface area (Å²) in [6.45, 7) is 2.78. The average molecular weight is 200 g/mol. The molecule has 0 spiro atoms. The molecule has 0 aliphatic carbocycles. The molecule has 0 fully saturated rings. The molecule has 4 N–H and O–H groups in total. The van der Waals surface area contributed by atoms with E-state index in [1.807, 2.05) is 12.3 Å². The summed E-state index contributed by atoms with van der Waals surface area (Å²) in [6, 6.07) is -0.264. The van der Waals surface area contributed by atoms with Gasteiger partial charge in [0.25, 0.3) is 0 Å². The number of urea groups is 1. The number of anilines is 1. The summed E-state index contributed by atoms with van der Waals surface area (Å²) in [5.74, 6) is 0. The molecular formula is C7H12N4OS. The minimum atomic E-state index is -0.264. The van der Waals surface area contributed by atoms with E-state index in [9.17, 15) is 4.79 Å².